The van der Waals surface area contributed by atoms with Crippen LogP contribution in [0.4, 0.5) is 0 Å². The van der Waals surface area contributed by atoms with Crippen molar-refractivity contribution >= 4 is 0 Å². The normalized spacial score (nSPS) is 15.8. The molecule has 1 atom stereocenters. The van der Waals surface area contributed by atoms with Crippen molar-refractivity contribution in [3.63, 3.8) is 0 Å². The summed E-state index contributed by atoms with van der Waals surface area (Å²) in [5, 5.41) is 8.48. The molecule has 0 fully saturated rings. The lowest BCUT2D eigenvalue weighted by Gasteiger charge is -2.13. The Morgan fingerprint density at radius 2 is 2.30 bits per heavy atom. The SMILES string of the molecule is COCCCC(C)(N)C#N. The molecule has 0 radical (unpaired) electrons. The number of hydrogen-bond donors (Lipinski definition) is 1. The van der Waals surface area contributed by atoms with E-state index in [9.17, 15) is 0 Å². The number of ether oxygens (including phenoxy) is 1. The summed E-state index contributed by atoms with van der Waals surface area (Å²) < 4.78 is 4.82. The molecular formula is C7H14N2O. The molecule has 0 rings (SSSR count). The summed E-state index contributed by atoms with van der Waals surface area (Å²) in [6, 6.07) is 2.02. The Labute approximate surface area is 61.8 Å². The molecule has 1 unspecified atom stereocenters. The van der Waals surface area contributed by atoms with Crippen LogP contribution in [0.2, 0.25) is 0 Å². The summed E-state index contributed by atoms with van der Waals surface area (Å²) >= 11 is 0. The first-order valence-electron chi connectivity index (χ1n) is 3.31. The van der Waals surface area contributed by atoms with Crippen molar-refractivity contribution in [3.8, 4) is 6.07 Å². The van der Waals surface area contributed by atoms with Crippen LogP contribution in [-0.4, -0.2) is 19.3 Å². The molecule has 0 aliphatic carbocycles. The van der Waals surface area contributed by atoms with E-state index < -0.39 is 5.54 Å². The quantitative estimate of drug-likeness (QED) is 0.586. The van der Waals surface area contributed by atoms with Crippen LogP contribution in [0.25, 0.3) is 0 Å². The van der Waals surface area contributed by atoms with E-state index in [2.05, 4.69) is 0 Å². The molecule has 0 amide bonds. The smallest absolute Gasteiger partial charge is 0.101 e. The van der Waals surface area contributed by atoms with Crippen LogP contribution in [0, 0.1) is 11.3 Å². The molecule has 0 aromatic rings. The van der Waals surface area contributed by atoms with Gasteiger partial charge in [-0.1, -0.05) is 0 Å². The minimum atomic E-state index is -0.682. The summed E-state index contributed by atoms with van der Waals surface area (Å²) in [5.41, 5.74) is 4.86. The van der Waals surface area contributed by atoms with Gasteiger partial charge in [0.05, 0.1) is 6.07 Å². The van der Waals surface area contributed by atoms with Gasteiger partial charge in [-0.25, -0.2) is 0 Å². The van der Waals surface area contributed by atoms with Crippen molar-refractivity contribution in [1.29, 1.82) is 5.26 Å². The Morgan fingerprint density at radius 1 is 1.70 bits per heavy atom. The monoisotopic (exact) mass is 142 g/mol. The van der Waals surface area contributed by atoms with E-state index in [1.54, 1.807) is 14.0 Å². The Balaban J connectivity index is 3.40. The van der Waals surface area contributed by atoms with Gasteiger partial charge in [-0.3, -0.25) is 0 Å². The van der Waals surface area contributed by atoms with Crippen LogP contribution < -0.4 is 5.73 Å². The van der Waals surface area contributed by atoms with Gasteiger partial charge in [-0.05, 0) is 19.8 Å². The standard InChI is InChI=1S/C7H14N2O/c1-7(9,6-8)4-3-5-10-2/h3-5,9H2,1-2H3. The maximum Gasteiger partial charge on any atom is 0.101 e. The van der Waals surface area contributed by atoms with Crippen LogP contribution in [0.5, 0.6) is 0 Å². The van der Waals surface area contributed by atoms with Crippen LogP contribution in [-0.2, 0) is 4.74 Å². The molecule has 0 aliphatic rings. The van der Waals surface area contributed by atoms with E-state index in [4.69, 9.17) is 15.7 Å². The molecule has 0 aromatic carbocycles. The molecule has 10 heavy (non-hydrogen) atoms. The lowest BCUT2D eigenvalue weighted by Crippen LogP contribution is -2.34. The highest BCUT2D eigenvalue weighted by molar-refractivity contribution is 5.00. The van der Waals surface area contributed by atoms with E-state index in [0.717, 1.165) is 6.42 Å². The minimum Gasteiger partial charge on any atom is -0.385 e. The maximum absolute atomic E-state index is 8.48. The average molecular weight is 142 g/mol. The Bertz CT molecular complexity index is 126. The van der Waals surface area contributed by atoms with E-state index in [1.807, 2.05) is 6.07 Å². The van der Waals surface area contributed by atoms with Gasteiger partial charge in [0.2, 0.25) is 0 Å². The van der Waals surface area contributed by atoms with Crippen LogP contribution in [0.3, 0.4) is 0 Å². The average Bonchev–Trinajstić information content (AvgIpc) is 1.89. The van der Waals surface area contributed by atoms with Gasteiger partial charge in [0, 0.05) is 13.7 Å². The summed E-state index contributed by atoms with van der Waals surface area (Å²) in [7, 11) is 1.64. The molecule has 0 spiro atoms. The third kappa shape index (κ3) is 4.30. The number of nitrogens with zero attached hydrogens (tertiary/aromatic N) is 1. The molecular weight excluding hydrogens is 128 g/mol. The zero-order chi connectivity index (χ0) is 8.04. The second kappa shape index (κ2) is 4.26. The fourth-order valence-electron chi connectivity index (χ4n) is 0.640. The molecule has 58 valence electrons. The lowest BCUT2D eigenvalue weighted by molar-refractivity contribution is 0.188. The molecule has 0 saturated heterocycles. The van der Waals surface area contributed by atoms with E-state index in [-0.39, 0.29) is 0 Å². The first kappa shape index (κ1) is 9.41. The predicted octanol–water partition coefficient (Wildman–Crippen LogP) is 0.654. The van der Waals surface area contributed by atoms with Gasteiger partial charge < -0.3 is 10.5 Å². The molecule has 0 bridgehead atoms. The lowest BCUT2D eigenvalue weighted by atomic mass is 10.00. The van der Waals surface area contributed by atoms with Crippen LogP contribution >= 0.6 is 0 Å². The topological polar surface area (TPSA) is 59.0 Å². The first-order chi connectivity index (χ1) is 4.62. The number of rotatable bonds is 4. The Hall–Kier alpha value is -0.590. The van der Waals surface area contributed by atoms with E-state index in [0.29, 0.717) is 13.0 Å². The molecule has 2 N–H and O–H groups in total. The van der Waals surface area contributed by atoms with Gasteiger partial charge in [-0.2, -0.15) is 5.26 Å². The van der Waals surface area contributed by atoms with Gasteiger partial charge in [0.1, 0.15) is 5.54 Å². The van der Waals surface area contributed by atoms with Gasteiger partial charge in [0.25, 0.3) is 0 Å². The molecule has 0 heterocycles. The second-order valence-electron chi connectivity index (χ2n) is 2.63. The summed E-state index contributed by atoms with van der Waals surface area (Å²) in [6.45, 7) is 2.40. The van der Waals surface area contributed by atoms with Crippen molar-refractivity contribution in [2.24, 2.45) is 5.73 Å². The molecule has 0 aromatic heterocycles. The van der Waals surface area contributed by atoms with Crippen molar-refractivity contribution < 1.29 is 4.74 Å². The Kier molecular flexibility index (Phi) is 4.01. The number of nitriles is 1. The van der Waals surface area contributed by atoms with Crippen LogP contribution in [0.1, 0.15) is 19.8 Å². The van der Waals surface area contributed by atoms with E-state index >= 15 is 0 Å². The maximum atomic E-state index is 8.48. The Morgan fingerprint density at radius 3 is 2.70 bits per heavy atom. The number of methoxy groups -OCH3 is 1. The van der Waals surface area contributed by atoms with Gasteiger partial charge >= 0.3 is 0 Å². The highest BCUT2D eigenvalue weighted by Gasteiger charge is 2.15. The zero-order valence-corrected chi connectivity index (χ0v) is 6.55. The largest absolute Gasteiger partial charge is 0.385 e. The van der Waals surface area contributed by atoms with Gasteiger partial charge in [0.15, 0.2) is 0 Å². The van der Waals surface area contributed by atoms with Gasteiger partial charge in [-0.15, -0.1) is 0 Å². The summed E-state index contributed by atoms with van der Waals surface area (Å²) in [6.07, 6.45) is 1.54. The third-order valence-corrected chi connectivity index (χ3v) is 1.30. The molecule has 0 saturated carbocycles. The van der Waals surface area contributed by atoms with Crippen LogP contribution in [0.15, 0.2) is 0 Å². The van der Waals surface area contributed by atoms with E-state index in [1.165, 1.54) is 0 Å². The highest BCUT2D eigenvalue weighted by atomic mass is 16.5. The minimum absolute atomic E-state index is 0.675. The first-order valence-corrected chi connectivity index (χ1v) is 3.31. The highest BCUT2D eigenvalue weighted by Crippen LogP contribution is 2.06. The van der Waals surface area contributed by atoms with Crippen molar-refractivity contribution in [2.45, 2.75) is 25.3 Å². The van der Waals surface area contributed by atoms with Crippen molar-refractivity contribution in [2.75, 3.05) is 13.7 Å². The zero-order valence-electron chi connectivity index (χ0n) is 6.55. The summed E-state index contributed by atoms with van der Waals surface area (Å²) in [4.78, 5) is 0. The molecule has 0 aliphatic heterocycles. The van der Waals surface area contributed by atoms with Crippen molar-refractivity contribution in [3.05, 3.63) is 0 Å². The predicted molar refractivity (Wildman–Crippen MR) is 39.3 cm³/mol. The fourth-order valence-corrected chi connectivity index (χ4v) is 0.640. The third-order valence-electron chi connectivity index (χ3n) is 1.30. The number of nitrogens with two attached hydrogens (primary N) is 1. The second-order valence-corrected chi connectivity index (χ2v) is 2.63. The molecule has 3 nitrogen and oxygen atoms in total. The summed E-state index contributed by atoms with van der Waals surface area (Å²) in [5.74, 6) is 0. The fraction of sp³-hybridized carbons (Fsp3) is 0.857. The van der Waals surface area contributed by atoms with Crippen molar-refractivity contribution in [1.82, 2.24) is 0 Å². The number of hydrogen-bond acceptors (Lipinski definition) is 3. The molecule has 3 heteroatoms.